The highest BCUT2D eigenvalue weighted by molar-refractivity contribution is 5.25. The molecule has 0 heterocycles. The lowest BCUT2D eigenvalue weighted by Gasteiger charge is -2.58. The summed E-state index contributed by atoms with van der Waals surface area (Å²) in [7, 11) is 0. The third kappa shape index (κ3) is 3.68. The predicted octanol–water partition coefficient (Wildman–Crippen LogP) is 7.55. The fourth-order valence-corrected chi connectivity index (χ4v) is 8.82. The summed E-state index contributed by atoms with van der Waals surface area (Å²) in [6.07, 6.45) is 16.6. The zero-order chi connectivity index (χ0) is 21.0. The zero-order valence-corrected chi connectivity index (χ0v) is 20.0. The molecule has 8 atom stereocenters. The van der Waals surface area contributed by atoms with Crippen LogP contribution in [0.15, 0.2) is 23.3 Å². The normalized spacial score (nSPS) is 46.0. The van der Waals surface area contributed by atoms with Crippen LogP contribution >= 0.6 is 0 Å². The Bertz CT molecular complexity index is 672. The van der Waals surface area contributed by atoms with Gasteiger partial charge < -0.3 is 5.11 Å². The lowest BCUT2D eigenvalue weighted by atomic mass is 9.47. The first kappa shape index (κ1) is 21.7. The molecule has 0 aliphatic heterocycles. The maximum absolute atomic E-state index is 10.2. The van der Waals surface area contributed by atoms with Gasteiger partial charge in [0.15, 0.2) is 0 Å². The second kappa shape index (κ2) is 7.85. The van der Waals surface area contributed by atoms with E-state index in [1.54, 1.807) is 11.1 Å². The van der Waals surface area contributed by atoms with Crippen LogP contribution in [0.1, 0.15) is 99.3 Å². The van der Waals surface area contributed by atoms with Gasteiger partial charge in [-0.2, -0.15) is 0 Å². The predicted molar refractivity (Wildman–Crippen MR) is 124 cm³/mol. The molecule has 0 radical (unpaired) electrons. The van der Waals surface area contributed by atoms with E-state index >= 15 is 0 Å². The molecule has 0 aromatic heterocycles. The van der Waals surface area contributed by atoms with Crippen molar-refractivity contribution in [2.75, 3.05) is 0 Å². The van der Waals surface area contributed by atoms with E-state index in [-0.39, 0.29) is 6.10 Å². The Hall–Kier alpha value is -0.560. The molecule has 1 N–H and O–H groups in total. The van der Waals surface area contributed by atoms with E-state index in [9.17, 15) is 5.11 Å². The Morgan fingerprint density at radius 2 is 1.86 bits per heavy atom. The van der Waals surface area contributed by atoms with Gasteiger partial charge in [-0.15, -0.1) is 0 Å². The monoisotopic (exact) mass is 398 g/mol. The number of hydrogen-bond donors (Lipinski definition) is 1. The minimum Gasteiger partial charge on any atom is -0.393 e. The Kier molecular flexibility index (Phi) is 5.86. The van der Waals surface area contributed by atoms with Crippen molar-refractivity contribution in [2.24, 2.45) is 46.3 Å². The summed E-state index contributed by atoms with van der Waals surface area (Å²) < 4.78 is 0. The second-order valence-corrected chi connectivity index (χ2v) is 12.4. The van der Waals surface area contributed by atoms with Crippen molar-refractivity contribution in [3.8, 4) is 0 Å². The Balaban J connectivity index is 1.54. The van der Waals surface area contributed by atoms with Gasteiger partial charge in [0.05, 0.1) is 6.10 Å². The van der Waals surface area contributed by atoms with Crippen LogP contribution in [0, 0.1) is 46.3 Å². The van der Waals surface area contributed by atoms with Crippen LogP contribution in [-0.4, -0.2) is 11.2 Å². The molecule has 0 unspecified atom stereocenters. The minimum atomic E-state index is -0.0858. The van der Waals surface area contributed by atoms with E-state index in [2.05, 4.69) is 53.7 Å². The molecule has 1 heteroatoms. The standard InChI is InChI=1S/C28H46O/c1-18(2)15-19(3)16-20(4)24-9-10-25-23-8-7-21-17-22(29)11-13-27(21,5)26(23)12-14-28(24,25)6/h7,16,18,20,22-26,29H,8-15,17H2,1-6H3/t20-,22-,23+,24+,25+,26+,27-,28+/m0/s1. The SMILES string of the molecule is CC(=C[C@H](C)[C@H]1CC[C@@H]2[C@H]3CC=C4C[C@@H](O)CC[C@]4(C)[C@@H]3CC[C@@]21C)CC(C)C. The highest BCUT2D eigenvalue weighted by Crippen LogP contribution is 2.67. The molecule has 4 rings (SSSR count). The van der Waals surface area contributed by atoms with E-state index in [0.717, 1.165) is 48.3 Å². The first-order valence-corrected chi connectivity index (χ1v) is 12.7. The summed E-state index contributed by atoms with van der Waals surface area (Å²) in [6, 6.07) is 0. The van der Waals surface area contributed by atoms with Crippen LogP contribution in [0.2, 0.25) is 0 Å². The summed E-state index contributed by atoms with van der Waals surface area (Å²) in [5.74, 6) is 5.00. The molecule has 164 valence electrons. The molecule has 0 aromatic rings. The molecule has 0 bridgehead atoms. The number of allylic oxidation sites excluding steroid dienone is 3. The van der Waals surface area contributed by atoms with E-state index < -0.39 is 0 Å². The van der Waals surface area contributed by atoms with Gasteiger partial charge in [0, 0.05) is 0 Å². The average molecular weight is 399 g/mol. The van der Waals surface area contributed by atoms with Crippen molar-refractivity contribution < 1.29 is 5.11 Å². The van der Waals surface area contributed by atoms with Gasteiger partial charge in [-0.25, -0.2) is 0 Å². The molecule has 3 saturated carbocycles. The van der Waals surface area contributed by atoms with Crippen molar-refractivity contribution in [3.63, 3.8) is 0 Å². The van der Waals surface area contributed by atoms with Gasteiger partial charge in [0.2, 0.25) is 0 Å². The van der Waals surface area contributed by atoms with E-state index in [1.807, 2.05) is 0 Å². The molecule has 4 aliphatic carbocycles. The quantitative estimate of drug-likeness (QED) is 0.484. The number of hydrogen-bond acceptors (Lipinski definition) is 1. The first-order valence-electron chi connectivity index (χ1n) is 12.7. The fraction of sp³-hybridized carbons (Fsp3) is 0.857. The highest BCUT2D eigenvalue weighted by atomic mass is 16.3. The molecule has 4 aliphatic rings. The van der Waals surface area contributed by atoms with Crippen molar-refractivity contribution in [1.29, 1.82) is 0 Å². The number of aliphatic hydroxyl groups is 1. The van der Waals surface area contributed by atoms with Gasteiger partial charge >= 0.3 is 0 Å². The lowest BCUT2D eigenvalue weighted by Crippen LogP contribution is -2.50. The van der Waals surface area contributed by atoms with Crippen LogP contribution in [0.3, 0.4) is 0 Å². The van der Waals surface area contributed by atoms with Gasteiger partial charge in [-0.3, -0.25) is 0 Å². The maximum atomic E-state index is 10.2. The van der Waals surface area contributed by atoms with E-state index in [0.29, 0.717) is 10.8 Å². The summed E-state index contributed by atoms with van der Waals surface area (Å²) in [6.45, 7) is 14.8. The topological polar surface area (TPSA) is 20.2 Å². The fourth-order valence-electron chi connectivity index (χ4n) is 8.82. The van der Waals surface area contributed by atoms with Gasteiger partial charge in [-0.1, -0.05) is 57.9 Å². The number of aliphatic hydroxyl groups excluding tert-OH is 1. The highest BCUT2D eigenvalue weighted by Gasteiger charge is 2.58. The first-order chi connectivity index (χ1) is 13.6. The summed E-state index contributed by atoms with van der Waals surface area (Å²) >= 11 is 0. The Morgan fingerprint density at radius 3 is 2.59 bits per heavy atom. The Morgan fingerprint density at radius 1 is 1.10 bits per heavy atom. The van der Waals surface area contributed by atoms with Crippen LogP contribution < -0.4 is 0 Å². The average Bonchev–Trinajstić information content (AvgIpc) is 2.99. The summed E-state index contributed by atoms with van der Waals surface area (Å²) in [4.78, 5) is 0. The van der Waals surface area contributed by atoms with Crippen LogP contribution in [-0.2, 0) is 0 Å². The van der Waals surface area contributed by atoms with Crippen molar-refractivity contribution in [3.05, 3.63) is 23.3 Å². The molecule has 1 nitrogen and oxygen atoms in total. The Labute approximate surface area is 180 Å². The van der Waals surface area contributed by atoms with Crippen LogP contribution in [0.25, 0.3) is 0 Å². The largest absolute Gasteiger partial charge is 0.393 e. The third-order valence-electron chi connectivity index (χ3n) is 10.1. The number of rotatable bonds is 4. The molecular weight excluding hydrogens is 352 g/mol. The summed E-state index contributed by atoms with van der Waals surface area (Å²) in [5, 5.41) is 10.2. The lowest BCUT2D eigenvalue weighted by molar-refractivity contribution is -0.0541. The van der Waals surface area contributed by atoms with E-state index in [4.69, 9.17) is 0 Å². The molecule has 0 saturated heterocycles. The van der Waals surface area contributed by atoms with Gasteiger partial charge in [-0.05, 0) is 111 Å². The van der Waals surface area contributed by atoms with Gasteiger partial charge in [0.1, 0.15) is 0 Å². The van der Waals surface area contributed by atoms with Gasteiger partial charge in [0.25, 0.3) is 0 Å². The molecule has 0 aromatic carbocycles. The zero-order valence-electron chi connectivity index (χ0n) is 20.0. The molecular formula is C28H46O. The minimum absolute atomic E-state index is 0.0858. The van der Waals surface area contributed by atoms with E-state index in [1.165, 1.54) is 44.9 Å². The van der Waals surface area contributed by atoms with Crippen LogP contribution in [0.5, 0.6) is 0 Å². The molecule has 0 amide bonds. The molecule has 29 heavy (non-hydrogen) atoms. The second-order valence-electron chi connectivity index (χ2n) is 12.4. The third-order valence-corrected chi connectivity index (χ3v) is 10.1. The van der Waals surface area contributed by atoms with Crippen LogP contribution in [0.4, 0.5) is 0 Å². The smallest absolute Gasteiger partial charge is 0.0577 e. The molecule has 0 spiro atoms. The molecule has 3 fully saturated rings. The van der Waals surface area contributed by atoms with Crippen molar-refractivity contribution in [2.45, 2.75) is 105 Å². The maximum Gasteiger partial charge on any atom is 0.0577 e. The van der Waals surface area contributed by atoms with Crippen molar-refractivity contribution in [1.82, 2.24) is 0 Å². The van der Waals surface area contributed by atoms with Crippen molar-refractivity contribution >= 4 is 0 Å². The number of fused-ring (bicyclic) bond motifs is 5. The summed E-state index contributed by atoms with van der Waals surface area (Å²) in [5.41, 5.74) is 4.12.